The summed E-state index contributed by atoms with van der Waals surface area (Å²) in [7, 11) is 0. The highest BCUT2D eigenvalue weighted by Crippen LogP contribution is 2.48. The second-order valence-electron chi connectivity index (χ2n) is 6.32. The van der Waals surface area contributed by atoms with E-state index in [1.807, 2.05) is 0 Å². The molecule has 10 heteroatoms. The van der Waals surface area contributed by atoms with Gasteiger partial charge < -0.3 is 0 Å². The molecule has 0 amide bonds. The zero-order valence-corrected chi connectivity index (χ0v) is 21.8. The minimum atomic E-state index is -2.16. The highest BCUT2D eigenvalue weighted by molar-refractivity contribution is 9.11. The molecule has 166 valence electrons. The van der Waals surface area contributed by atoms with Crippen LogP contribution in [0.2, 0.25) is 0 Å². The van der Waals surface area contributed by atoms with Gasteiger partial charge in [-0.1, -0.05) is 41.2 Å². The second-order valence-corrected chi connectivity index (χ2v) is 9.55. The summed E-state index contributed by atoms with van der Waals surface area (Å²) in [4.78, 5) is 0. The fraction of sp³-hybridized carbons (Fsp3) is 0. The molecule has 0 fully saturated rings. The zero-order valence-electron chi connectivity index (χ0n) is 15.5. The number of halogens is 10. The highest BCUT2D eigenvalue weighted by atomic mass is 79.9. The van der Waals surface area contributed by atoms with E-state index in [4.69, 9.17) is 0 Å². The first kappa shape index (κ1) is 25.3. The largest absolute Gasteiger partial charge is 0.205 e. The molecule has 0 nitrogen and oxygen atoms in total. The number of rotatable bonds is 4. The smallest absolute Gasteiger partial charge is 0.198 e. The Balaban J connectivity index is 2.44. The van der Waals surface area contributed by atoms with Crippen LogP contribution in [-0.4, -0.2) is 0 Å². The molecule has 0 unspecified atom stereocenters. The van der Waals surface area contributed by atoms with Crippen LogP contribution >= 0.6 is 63.7 Å². The first-order chi connectivity index (χ1) is 15.0. The van der Waals surface area contributed by atoms with Crippen LogP contribution in [-0.2, 0) is 0 Å². The summed E-state index contributed by atoms with van der Waals surface area (Å²) in [6.45, 7) is 7.36. The van der Waals surface area contributed by atoms with Gasteiger partial charge in [0.2, 0.25) is 0 Å². The summed E-state index contributed by atoms with van der Waals surface area (Å²) in [5, 5.41) is 0. The van der Waals surface area contributed by atoms with Crippen molar-refractivity contribution in [2.24, 2.45) is 0 Å². The van der Waals surface area contributed by atoms with Gasteiger partial charge in [-0.15, -0.1) is 0 Å². The van der Waals surface area contributed by atoms with Gasteiger partial charge in [-0.2, -0.15) is 0 Å². The summed E-state index contributed by atoms with van der Waals surface area (Å²) < 4.78 is 85.3. The third kappa shape index (κ3) is 3.93. The highest BCUT2D eigenvalue weighted by Gasteiger charge is 2.32. The maximum absolute atomic E-state index is 15.5. The van der Waals surface area contributed by atoms with Crippen molar-refractivity contribution in [3.05, 3.63) is 89.2 Å². The Morgan fingerprint density at radius 2 is 0.938 bits per heavy atom. The molecule has 32 heavy (non-hydrogen) atoms. The average Bonchev–Trinajstić information content (AvgIpc) is 2.78. The van der Waals surface area contributed by atoms with Crippen LogP contribution in [0.3, 0.4) is 0 Å². The summed E-state index contributed by atoms with van der Waals surface area (Å²) in [5.41, 5.74) is -0.679. The van der Waals surface area contributed by atoms with Crippen molar-refractivity contribution in [2.45, 2.75) is 0 Å². The van der Waals surface area contributed by atoms with Gasteiger partial charge in [0, 0.05) is 26.7 Å². The molecular weight excluding hydrogens is 698 g/mol. The number of hydrogen-bond donors (Lipinski definition) is 0. The van der Waals surface area contributed by atoms with Gasteiger partial charge in [0.1, 0.15) is 11.6 Å². The molecule has 3 rings (SSSR count). The van der Waals surface area contributed by atoms with Crippen LogP contribution < -0.4 is 0 Å². The van der Waals surface area contributed by atoms with Gasteiger partial charge in [-0.3, -0.25) is 0 Å². The molecule has 0 aliphatic rings. The third-order valence-electron chi connectivity index (χ3n) is 4.61. The van der Waals surface area contributed by atoms with E-state index in [0.717, 1.165) is 0 Å². The minimum Gasteiger partial charge on any atom is -0.205 e. The van der Waals surface area contributed by atoms with Crippen molar-refractivity contribution in [2.75, 3.05) is 0 Å². The molecule has 0 aliphatic heterocycles. The number of benzene rings is 3. The Kier molecular flexibility index (Phi) is 7.49. The fourth-order valence-electron chi connectivity index (χ4n) is 3.06. The maximum Gasteiger partial charge on any atom is 0.198 e. The average molecular weight is 706 g/mol. The first-order valence-corrected chi connectivity index (χ1v) is 11.6. The standard InChI is InChI=1S/C22H8Br4F6/c1-3-7-5-9(10(23)6-8(7)4-2)11-14(24)18(28)12(15(25)17(11)27)13-16(26)20(30)22(32)21(31)19(13)29/h3-6H,1-2H2. The van der Waals surface area contributed by atoms with Gasteiger partial charge in [-0.05, 0) is 71.0 Å². The molecule has 0 atom stereocenters. The maximum atomic E-state index is 15.5. The van der Waals surface area contributed by atoms with Gasteiger partial charge in [0.25, 0.3) is 0 Å². The van der Waals surface area contributed by atoms with Crippen LogP contribution in [0.25, 0.3) is 34.4 Å². The van der Waals surface area contributed by atoms with E-state index in [1.54, 1.807) is 12.1 Å². The predicted octanol–water partition coefficient (Wildman–Crippen LogP) is 10.2. The van der Waals surface area contributed by atoms with Crippen molar-refractivity contribution >= 4 is 75.9 Å². The minimum absolute atomic E-state index is 0.206. The molecule has 0 radical (unpaired) electrons. The molecule has 0 aliphatic carbocycles. The van der Waals surface area contributed by atoms with E-state index in [9.17, 15) is 17.6 Å². The molecule has 3 aromatic rings. The quantitative estimate of drug-likeness (QED) is 0.144. The van der Waals surface area contributed by atoms with Crippen molar-refractivity contribution in [3.8, 4) is 22.3 Å². The van der Waals surface area contributed by atoms with Crippen molar-refractivity contribution < 1.29 is 26.3 Å². The summed E-state index contributed by atoms with van der Waals surface area (Å²) in [6.07, 6.45) is 3.05. The summed E-state index contributed by atoms with van der Waals surface area (Å²) in [6, 6.07) is 3.14. The third-order valence-corrected chi connectivity index (χ3v) is 7.49. The Morgan fingerprint density at radius 3 is 1.50 bits per heavy atom. The Bertz CT molecular complexity index is 1260. The lowest BCUT2D eigenvalue weighted by Crippen LogP contribution is -2.05. The van der Waals surface area contributed by atoms with Crippen LogP contribution in [0.15, 0.2) is 43.2 Å². The summed E-state index contributed by atoms with van der Waals surface area (Å²) in [5.74, 6) is -10.2. The lowest BCUT2D eigenvalue weighted by Gasteiger charge is -2.18. The van der Waals surface area contributed by atoms with Crippen LogP contribution in [0.4, 0.5) is 26.3 Å². The molecule has 0 aromatic heterocycles. The van der Waals surface area contributed by atoms with Gasteiger partial charge in [0.15, 0.2) is 23.3 Å². The molecule has 0 spiro atoms. The lowest BCUT2D eigenvalue weighted by molar-refractivity contribution is 0.408. The first-order valence-electron chi connectivity index (χ1n) is 8.44. The molecule has 0 N–H and O–H groups in total. The molecule has 0 saturated carbocycles. The zero-order chi connectivity index (χ0) is 24.1. The predicted molar refractivity (Wildman–Crippen MR) is 128 cm³/mol. The second kappa shape index (κ2) is 9.48. The molecule has 0 bridgehead atoms. The summed E-state index contributed by atoms with van der Waals surface area (Å²) >= 11 is 11.7. The topological polar surface area (TPSA) is 0 Å². The molecule has 0 heterocycles. The van der Waals surface area contributed by atoms with E-state index in [1.165, 1.54) is 12.1 Å². The number of hydrogen-bond acceptors (Lipinski definition) is 0. The van der Waals surface area contributed by atoms with Crippen LogP contribution in [0, 0.1) is 34.9 Å². The van der Waals surface area contributed by atoms with E-state index in [0.29, 0.717) is 15.6 Å². The fourth-order valence-corrected chi connectivity index (χ4v) is 5.32. The normalized spacial score (nSPS) is 11.1. The van der Waals surface area contributed by atoms with Gasteiger partial charge in [0.05, 0.1) is 13.4 Å². The van der Waals surface area contributed by atoms with Crippen LogP contribution in [0.5, 0.6) is 0 Å². The SMILES string of the molecule is C=Cc1cc(Br)c(-c2c(F)c(Br)c(-c3c(F)c(F)c(F)c(F)c3Br)c(F)c2Br)cc1C=C. The van der Waals surface area contributed by atoms with Crippen molar-refractivity contribution in [1.29, 1.82) is 0 Å². The Labute approximate surface area is 212 Å². The van der Waals surface area contributed by atoms with E-state index in [-0.39, 0.29) is 11.1 Å². The van der Waals surface area contributed by atoms with Gasteiger partial charge in [-0.25, -0.2) is 26.3 Å². The van der Waals surface area contributed by atoms with E-state index < -0.39 is 59.4 Å². The van der Waals surface area contributed by atoms with Crippen LogP contribution in [0.1, 0.15) is 11.1 Å². The molecular formula is C22H8Br4F6. The van der Waals surface area contributed by atoms with Crippen molar-refractivity contribution in [3.63, 3.8) is 0 Å². The van der Waals surface area contributed by atoms with Gasteiger partial charge >= 0.3 is 0 Å². The van der Waals surface area contributed by atoms with Crippen molar-refractivity contribution in [1.82, 2.24) is 0 Å². The Morgan fingerprint density at radius 1 is 0.531 bits per heavy atom. The Hall–Kier alpha value is -1.36. The monoisotopic (exact) mass is 702 g/mol. The molecule has 3 aromatic carbocycles. The molecule has 0 saturated heterocycles. The van der Waals surface area contributed by atoms with E-state index >= 15 is 8.78 Å². The lowest BCUT2D eigenvalue weighted by atomic mass is 9.95. The van der Waals surface area contributed by atoms with E-state index in [2.05, 4.69) is 76.9 Å².